The monoisotopic (exact) mass is 435 g/mol. The number of benzene rings is 1. The van der Waals surface area contributed by atoms with E-state index in [9.17, 15) is 4.79 Å². The molecule has 31 heavy (non-hydrogen) atoms. The lowest BCUT2D eigenvalue weighted by molar-refractivity contribution is -0.127. The molecule has 1 aliphatic rings. The smallest absolute Gasteiger partial charge is 0.241 e. The van der Waals surface area contributed by atoms with Crippen LogP contribution >= 0.6 is 0 Å². The van der Waals surface area contributed by atoms with E-state index in [4.69, 9.17) is 19.2 Å². The van der Waals surface area contributed by atoms with E-state index in [-0.39, 0.29) is 12.5 Å². The first kappa shape index (κ1) is 24.6. The van der Waals surface area contributed by atoms with E-state index < -0.39 is 0 Å². The first-order valence-corrected chi connectivity index (χ1v) is 10.7. The van der Waals surface area contributed by atoms with E-state index in [2.05, 4.69) is 22.5 Å². The minimum Gasteiger partial charge on any atom is -0.493 e. The molecule has 174 valence electrons. The lowest BCUT2D eigenvalue weighted by atomic mass is 10.2. The van der Waals surface area contributed by atoms with Gasteiger partial charge in [0, 0.05) is 26.7 Å². The molecule has 0 aliphatic carbocycles. The Morgan fingerprint density at radius 2 is 1.84 bits per heavy atom. The molecule has 9 nitrogen and oxygen atoms in total. The van der Waals surface area contributed by atoms with Gasteiger partial charge in [0.15, 0.2) is 17.5 Å². The van der Waals surface area contributed by atoms with Gasteiger partial charge in [-0.3, -0.25) is 9.69 Å². The third-order valence-corrected chi connectivity index (χ3v) is 5.46. The molecule has 1 saturated heterocycles. The molecule has 1 amide bonds. The van der Waals surface area contributed by atoms with Crippen molar-refractivity contribution in [2.75, 3.05) is 61.6 Å². The fourth-order valence-corrected chi connectivity index (χ4v) is 3.65. The number of aliphatic imine (C=N–C) groups is 1. The molecule has 1 aromatic carbocycles. The molecule has 1 fully saturated rings. The van der Waals surface area contributed by atoms with Crippen LogP contribution < -0.4 is 24.8 Å². The second kappa shape index (κ2) is 12.2. The van der Waals surface area contributed by atoms with Gasteiger partial charge in [0.25, 0.3) is 0 Å². The number of ether oxygens (including phenoxy) is 3. The van der Waals surface area contributed by atoms with Crippen LogP contribution in [0.5, 0.6) is 17.2 Å². The quantitative estimate of drug-likeness (QED) is 0.423. The Balaban J connectivity index is 2.15. The minimum absolute atomic E-state index is 0.0154. The zero-order valence-electron chi connectivity index (χ0n) is 19.7. The molecule has 0 radical (unpaired) electrons. The maximum atomic E-state index is 12.0. The Morgan fingerprint density at radius 3 is 2.39 bits per heavy atom. The summed E-state index contributed by atoms with van der Waals surface area (Å²) in [5.74, 6) is 2.31. The summed E-state index contributed by atoms with van der Waals surface area (Å²) in [5, 5.41) is 6.56. The number of rotatable bonds is 10. The zero-order valence-corrected chi connectivity index (χ0v) is 19.7. The average molecular weight is 436 g/mol. The summed E-state index contributed by atoms with van der Waals surface area (Å²) < 4.78 is 16.2. The van der Waals surface area contributed by atoms with E-state index >= 15 is 0 Å². The highest BCUT2D eigenvalue weighted by Crippen LogP contribution is 2.38. The summed E-state index contributed by atoms with van der Waals surface area (Å²) in [6.07, 6.45) is 2.38. The van der Waals surface area contributed by atoms with Gasteiger partial charge in [-0.2, -0.15) is 0 Å². The van der Waals surface area contributed by atoms with E-state index in [1.807, 2.05) is 12.1 Å². The van der Waals surface area contributed by atoms with Crippen LogP contribution in [0.25, 0.3) is 0 Å². The molecule has 0 bridgehead atoms. The largest absolute Gasteiger partial charge is 0.493 e. The number of nitrogens with zero attached hydrogens (tertiary/aromatic N) is 3. The summed E-state index contributed by atoms with van der Waals surface area (Å²) in [4.78, 5) is 20.8. The van der Waals surface area contributed by atoms with Crippen molar-refractivity contribution in [1.82, 2.24) is 20.4 Å². The molecule has 2 rings (SSSR count). The topological polar surface area (TPSA) is 87.7 Å². The average Bonchev–Trinajstić information content (AvgIpc) is 3.24. The standard InChI is InChI=1S/C22H37N5O4/c1-7-27-10-8-9-17(27)14-24-22(25-15-20(28)26(2)3)23-13-16-11-18(29-4)21(31-6)19(12-16)30-5/h11-12,17H,7-10,13-15H2,1-6H3,(H2,23,24,25). The van der Waals surface area contributed by atoms with Gasteiger partial charge in [0.1, 0.15) is 0 Å². The van der Waals surface area contributed by atoms with Gasteiger partial charge in [-0.25, -0.2) is 4.99 Å². The van der Waals surface area contributed by atoms with Gasteiger partial charge in [-0.05, 0) is 43.6 Å². The predicted octanol–water partition coefficient (Wildman–Crippen LogP) is 1.32. The molecule has 1 heterocycles. The van der Waals surface area contributed by atoms with Crippen LogP contribution in [0.4, 0.5) is 0 Å². The van der Waals surface area contributed by atoms with Crippen LogP contribution in [0, 0.1) is 0 Å². The van der Waals surface area contributed by atoms with Crippen molar-refractivity contribution in [2.24, 2.45) is 4.99 Å². The number of methoxy groups -OCH3 is 3. The number of nitrogens with one attached hydrogen (secondary N) is 2. The zero-order chi connectivity index (χ0) is 22.8. The van der Waals surface area contributed by atoms with Gasteiger partial charge >= 0.3 is 0 Å². The molecular formula is C22H37N5O4. The molecule has 0 aromatic heterocycles. The Morgan fingerprint density at radius 1 is 1.16 bits per heavy atom. The minimum atomic E-state index is -0.0154. The third-order valence-electron chi connectivity index (χ3n) is 5.46. The molecular weight excluding hydrogens is 398 g/mol. The van der Waals surface area contributed by atoms with Crippen LogP contribution in [0.1, 0.15) is 25.3 Å². The molecule has 9 heteroatoms. The summed E-state index contributed by atoms with van der Waals surface area (Å²) >= 11 is 0. The van der Waals surface area contributed by atoms with Crippen LogP contribution in [-0.4, -0.2) is 89.3 Å². The van der Waals surface area contributed by atoms with Crippen molar-refractivity contribution >= 4 is 11.9 Å². The number of amides is 1. The molecule has 1 aliphatic heterocycles. The fraction of sp³-hybridized carbons (Fsp3) is 0.636. The van der Waals surface area contributed by atoms with Gasteiger partial charge in [0.2, 0.25) is 11.7 Å². The molecule has 0 spiro atoms. The molecule has 1 aromatic rings. The van der Waals surface area contributed by atoms with Crippen LogP contribution in [0.3, 0.4) is 0 Å². The predicted molar refractivity (Wildman–Crippen MR) is 122 cm³/mol. The Kier molecular flexibility index (Phi) is 9.71. The summed E-state index contributed by atoms with van der Waals surface area (Å²) in [7, 11) is 8.23. The van der Waals surface area contributed by atoms with Gasteiger partial charge < -0.3 is 29.7 Å². The molecule has 1 unspecified atom stereocenters. The van der Waals surface area contributed by atoms with E-state index in [0.29, 0.717) is 35.8 Å². The second-order valence-corrected chi connectivity index (χ2v) is 7.65. The number of hydrogen-bond acceptors (Lipinski definition) is 6. The van der Waals surface area contributed by atoms with Crippen LogP contribution in [0.15, 0.2) is 17.1 Å². The number of likely N-dealkylation sites (tertiary alicyclic amines) is 1. The SMILES string of the molecule is CCN1CCCC1CNC(=NCc1cc(OC)c(OC)c(OC)c1)NCC(=O)N(C)C. The van der Waals surface area contributed by atoms with Crippen molar-refractivity contribution in [2.45, 2.75) is 32.4 Å². The highest BCUT2D eigenvalue weighted by molar-refractivity contribution is 5.86. The molecule has 1 atom stereocenters. The Bertz CT molecular complexity index is 728. The number of carbonyl (C=O) groups excluding carboxylic acids is 1. The second-order valence-electron chi connectivity index (χ2n) is 7.65. The number of guanidine groups is 1. The maximum Gasteiger partial charge on any atom is 0.241 e. The van der Waals surface area contributed by atoms with Crippen LogP contribution in [-0.2, 0) is 11.3 Å². The van der Waals surface area contributed by atoms with Crippen LogP contribution in [0.2, 0.25) is 0 Å². The third kappa shape index (κ3) is 6.92. The first-order chi connectivity index (χ1) is 14.9. The van der Waals surface area contributed by atoms with Crippen molar-refractivity contribution in [3.8, 4) is 17.2 Å². The summed E-state index contributed by atoms with van der Waals surface area (Å²) in [6, 6.07) is 4.23. The summed E-state index contributed by atoms with van der Waals surface area (Å²) in [6.45, 7) is 5.71. The van der Waals surface area contributed by atoms with Crippen molar-refractivity contribution < 1.29 is 19.0 Å². The fourth-order valence-electron chi connectivity index (χ4n) is 3.65. The van der Waals surface area contributed by atoms with Gasteiger partial charge in [0.05, 0.1) is 34.4 Å². The van der Waals surface area contributed by atoms with E-state index in [1.165, 1.54) is 6.42 Å². The summed E-state index contributed by atoms with van der Waals surface area (Å²) in [5.41, 5.74) is 0.908. The number of hydrogen-bond donors (Lipinski definition) is 2. The highest BCUT2D eigenvalue weighted by Gasteiger charge is 2.23. The van der Waals surface area contributed by atoms with Crippen molar-refractivity contribution in [1.29, 1.82) is 0 Å². The van der Waals surface area contributed by atoms with E-state index in [0.717, 1.165) is 31.6 Å². The van der Waals surface area contributed by atoms with E-state index in [1.54, 1.807) is 40.3 Å². The maximum absolute atomic E-state index is 12.0. The number of carbonyl (C=O) groups is 1. The van der Waals surface area contributed by atoms with Gasteiger partial charge in [-0.15, -0.1) is 0 Å². The lowest BCUT2D eigenvalue weighted by Gasteiger charge is -2.24. The molecule has 0 saturated carbocycles. The Hall–Kier alpha value is -2.68. The highest BCUT2D eigenvalue weighted by atomic mass is 16.5. The number of likely N-dealkylation sites (N-methyl/N-ethyl adjacent to an activating group) is 2. The molecule has 2 N–H and O–H groups in total. The van der Waals surface area contributed by atoms with Crippen molar-refractivity contribution in [3.63, 3.8) is 0 Å². The normalized spacial score (nSPS) is 16.7. The lowest BCUT2D eigenvalue weighted by Crippen LogP contribution is -2.47. The van der Waals surface area contributed by atoms with Gasteiger partial charge in [-0.1, -0.05) is 6.92 Å². The Labute approximate surface area is 185 Å². The first-order valence-electron chi connectivity index (χ1n) is 10.7. The van der Waals surface area contributed by atoms with Crippen molar-refractivity contribution in [3.05, 3.63) is 17.7 Å².